The number of pyridine rings is 1. The Balaban J connectivity index is 1.69. The lowest BCUT2D eigenvalue weighted by Gasteiger charge is -2.30. The molecule has 9 nitrogen and oxygen atoms in total. The monoisotopic (exact) mass is 427 g/mol. The predicted octanol–water partition coefficient (Wildman–Crippen LogP) is 2.64. The average Bonchev–Trinajstić information content (AvgIpc) is 3.06. The number of aromatic nitrogens is 3. The minimum absolute atomic E-state index is 0.0369. The molecule has 0 spiro atoms. The summed E-state index contributed by atoms with van der Waals surface area (Å²) in [5, 5.41) is 11.3. The van der Waals surface area contributed by atoms with Crippen LogP contribution in [0, 0.1) is 5.82 Å². The SMILES string of the molecule is COc1nn(C)c2ccc(Nc3nc(N[C@@H]4CCCC[C@@H]4N)c(F)cc3C(N)=O)cc12. The van der Waals surface area contributed by atoms with Crippen molar-refractivity contribution in [1.82, 2.24) is 14.8 Å². The number of benzene rings is 1. The van der Waals surface area contributed by atoms with Crippen LogP contribution in [0.1, 0.15) is 36.0 Å². The molecule has 3 aromatic rings. The van der Waals surface area contributed by atoms with Crippen molar-refractivity contribution in [3.8, 4) is 5.88 Å². The summed E-state index contributed by atoms with van der Waals surface area (Å²) in [5.41, 5.74) is 13.1. The highest BCUT2D eigenvalue weighted by molar-refractivity contribution is 5.99. The number of primary amides is 1. The normalized spacial score (nSPS) is 18.7. The second-order valence-corrected chi connectivity index (χ2v) is 7.77. The number of hydrogen-bond acceptors (Lipinski definition) is 7. The molecule has 0 bridgehead atoms. The number of fused-ring (bicyclic) bond motifs is 1. The number of nitrogens with zero attached hydrogens (tertiary/aromatic N) is 3. The molecule has 1 fully saturated rings. The van der Waals surface area contributed by atoms with Gasteiger partial charge in [-0.2, -0.15) is 0 Å². The molecule has 1 aliphatic carbocycles. The number of ether oxygens (including phenoxy) is 1. The van der Waals surface area contributed by atoms with Gasteiger partial charge in [-0.15, -0.1) is 5.10 Å². The number of hydrogen-bond donors (Lipinski definition) is 4. The van der Waals surface area contributed by atoms with E-state index in [1.165, 1.54) is 0 Å². The van der Waals surface area contributed by atoms with Gasteiger partial charge >= 0.3 is 0 Å². The molecule has 0 unspecified atom stereocenters. The fourth-order valence-corrected chi connectivity index (χ4v) is 3.99. The maximum Gasteiger partial charge on any atom is 0.252 e. The van der Waals surface area contributed by atoms with Crippen molar-refractivity contribution in [1.29, 1.82) is 0 Å². The topological polar surface area (TPSA) is 133 Å². The molecule has 2 atom stereocenters. The van der Waals surface area contributed by atoms with E-state index in [2.05, 4.69) is 20.7 Å². The Labute approximate surface area is 178 Å². The molecule has 0 aliphatic heterocycles. The number of nitrogens with two attached hydrogens (primary N) is 2. The average molecular weight is 427 g/mol. The standard InChI is InChI=1S/C21H26FN7O2/c1-29-17-8-7-11(9-12(17)21(28-29)31-2)25-19-13(18(24)30)10-14(22)20(27-19)26-16-6-4-3-5-15(16)23/h7-10,15-16H,3-6,23H2,1-2H3,(H2,24,30)(H2,25,26,27)/t15-,16+/m0/s1. The van der Waals surface area contributed by atoms with Gasteiger partial charge in [0.15, 0.2) is 11.6 Å². The molecule has 1 amide bonds. The third kappa shape index (κ3) is 4.11. The van der Waals surface area contributed by atoms with Gasteiger partial charge in [0.05, 0.1) is 23.6 Å². The van der Waals surface area contributed by atoms with E-state index in [0.717, 1.165) is 42.7 Å². The highest BCUT2D eigenvalue weighted by atomic mass is 19.1. The van der Waals surface area contributed by atoms with E-state index < -0.39 is 11.7 Å². The highest BCUT2D eigenvalue weighted by Gasteiger charge is 2.24. The van der Waals surface area contributed by atoms with Crippen LogP contribution in [0.15, 0.2) is 24.3 Å². The van der Waals surface area contributed by atoms with Crippen molar-refractivity contribution in [2.45, 2.75) is 37.8 Å². The van der Waals surface area contributed by atoms with Gasteiger partial charge in [-0.25, -0.2) is 9.37 Å². The molecule has 2 aromatic heterocycles. The van der Waals surface area contributed by atoms with Crippen LogP contribution in [-0.4, -0.2) is 39.9 Å². The Morgan fingerprint density at radius 3 is 2.74 bits per heavy atom. The number of carbonyl (C=O) groups excluding carboxylic acids is 1. The van der Waals surface area contributed by atoms with Gasteiger partial charge in [-0.05, 0) is 37.1 Å². The lowest BCUT2D eigenvalue weighted by Crippen LogP contribution is -2.43. The number of halogens is 1. The molecule has 164 valence electrons. The molecule has 6 N–H and O–H groups in total. The summed E-state index contributed by atoms with van der Waals surface area (Å²) in [7, 11) is 3.36. The summed E-state index contributed by atoms with van der Waals surface area (Å²) < 4.78 is 21.7. The summed E-state index contributed by atoms with van der Waals surface area (Å²) in [5.74, 6) is -0.772. The Hall–Kier alpha value is -3.40. The Kier molecular flexibility index (Phi) is 5.64. The van der Waals surface area contributed by atoms with Crippen LogP contribution in [0.5, 0.6) is 5.88 Å². The molecule has 10 heteroatoms. The van der Waals surface area contributed by atoms with E-state index in [-0.39, 0.29) is 29.3 Å². The van der Waals surface area contributed by atoms with Crippen LogP contribution >= 0.6 is 0 Å². The predicted molar refractivity (Wildman–Crippen MR) is 117 cm³/mol. The van der Waals surface area contributed by atoms with Crippen LogP contribution in [0.25, 0.3) is 10.9 Å². The molecular weight excluding hydrogens is 401 g/mol. The first-order valence-electron chi connectivity index (χ1n) is 10.2. The van der Waals surface area contributed by atoms with E-state index in [4.69, 9.17) is 16.2 Å². The third-order valence-corrected chi connectivity index (χ3v) is 5.66. The number of anilines is 3. The molecule has 4 rings (SSSR count). The molecule has 1 saturated carbocycles. The van der Waals surface area contributed by atoms with Gasteiger partial charge in [-0.1, -0.05) is 12.8 Å². The van der Waals surface area contributed by atoms with Gasteiger partial charge in [-0.3, -0.25) is 9.48 Å². The van der Waals surface area contributed by atoms with E-state index in [1.54, 1.807) is 11.8 Å². The molecule has 1 aliphatic rings. The number of amides is 1. The van der Waals surface area contributed by atoms with Crippen LogP contribution in [0.4, 0.5) is 21.7 Å². The second-order valence-electron chi connectivity index (χ2n) is 7.77. The van der Waals surface area contributed by atoms with Crippen LogP contribution < -0.4 is 26.8 Å². The maximum absolute atomic E-state index is 14.7. The first-order chi connectivity index (χ1) is 14.9. The number of rotatable bonds is 6. The van der Waals surface area contributed by atoms with Gasteiger partial charge < -0.3 is 26.8 Å². The first kappa shape index (κ1) is 20.9. The zero-order chi connectivity index (χ0) is 22.1. The molecule has 1 aromatic carbocycles. The minimum atomic E-state index is -0.783. The van der Waals surface area contributed by atoms with Crippen LogP contribution in [0.3, 0.4) is 0 Å². The number of aryl methyl sites for hydroxylation is 1. The zero-order valence-electron chi connectivity index (χ0n) is 17.5. The second kappa shape index (κ2) is 8.38. The highest BCUT2D eigenvalue weighted by Crippen LogP contribution is 2.30. The van der Waals surface area contributed by atoms with Gasteiger partial charge in [0, 0.05) is 24.8 Å². The van der Waals surface area contributed by atoms with Gasteiger partial charge in [0.2, 0.25) is 5.88 Å². The van der Waals surface area contributed by atoms with Gasteiger partial charge in [0.1, 0.15) is 5.82 Å². The van der Waals surface area contributed by atoms with Crippen molar-refractivity contribution >= 4 is 34.1 Å². The molecular formula is C21H26FN7O2. The Morgan fingerprint density at radius 2 is 2.03 bits per heavy atom. The van der Waals surface area contributed by atoms with E-state index in [1.807, 2.05) is 25.2 Å². The largest absolute Gasteiger partial charge is 0.479 e. The maximum atomic E-state index is 14.7. The molecule has 2 heterocycles. The fraction of sp³-hybridized carbons (Fsp3) is 0.381. The lowest BCUT2D eigenvalue weighted by atomic mass is 9.91. The van der Waals surface area contributed by atoms with E-state index in [0.29, 0.717) is 11.6 Å². The number of carbonyl (C=O) groups is 1. The van der Waals surface area contributed by atoms with E-state index in [9.17, 15) is 9.18 Å². The molecule has 31 heavy (non-hydrogen) atoms. The summed E-state index contributed by atoms with van der Waals surface area (Å²) in [6, 6.07) is 6.42. The smallest absolute Gasteiger partial charge is 0.252 e. The number of nitrogens with one attached hydrogen (secondary N) is 2. The van der Waals surface area contributed by atoms with Gasteiger partial charge in [0.25, 0.3) is 5.91 Å². The summed E-state index contributed by atoms with van der Waals surface area (Å²) >= 11 is 0. The van der Waals surface area contributed by atoms with Crippen LogP contribution in [0.2, 0.25) is 0 Å². The first-order valence-corrected chi connectivity index (χ1v) is 10.2. The van der Waals surface area contributed by atoms with Crippen LogP contribution in [-0.2, 0) is 7.05 Å². The Morgan fingerprint density at radius 1 is 1.26 bits per heavy atom. The third-order valence-electron chi connectivity index (χ3n) is 5.66. The van der Waals surface area contributed by atoms with E-state index >= 15 is 0 Å². The van der Waals surface area contributed by atoms with Crippen molar-refractivity contribution in [3.05, 3.63) is 35.6 Å². The Bertz CT molecular complexity index is 1130. The summed E-state index contributed by atoms with van der Waals surface area (Å²) in [6.07, 6.45) is 3.78. The molecule has 0 saturated heterocycles. The zero-order valence-corrected chi connectivity index (χ0v) is 17.5. The minimum Gasteiger partial charge on any atom is -0.479 e. The molecule has 0 radical (unpaired) electrons. The van der Waals surface area contributed by atoms with Crippen molar-refractivity contribution < 1.29 is 13.9 Å². The summed E-state index contributed by atoms with van der Waals surface area (Å²) in [4.78, 5) is 16.3. The fourth-order valence-electron chi connectivity index (χ4n) is 3.99. The number of methoxy groups -OCH3 is 1. The quantitative estimate of drug-likeness (QED) is 0.475. The van der Waals surface area contributed by atoms with Crippen molar-refractivity contribution in [2.75, 3.05) is 17.7 Å². The lowest BCUT2D eigenvalue weighted by molar-refractivity contribution is 0.100. The van der Waals surface area contributed by atoms with Crippen molar-refractivity contribution in [3.63, 3.8) is 0 Å². The summed E-state index contributed by atoms with van der Waals surface area (Å²) in [6.45, 7) is 0. The van der Waals surface area contributed by atoms with Crippen molar-refractivity contribution in [2.24, 2.45) is 18.5 Å².